The Morgan fingerprint density at radius 3 is 2.73 bits per heavy atom. The Bertz CT molecular complexity index is 1050. The van der Waals surface area contributed by atoms with Crippen LogP contribution in [0.15, 0.2) is 60.0 Å². The Labute approximate surface area is 189 Å². The topological polar surface area (TPSA) is 55.8 Å². The second-order valence-electron chi connectivity index (χ2n) is 6.09. The highest BCUT2D eigenvalue weighted by molar-refractivity contribution is 8.26. The van der Waals surface area contributed by atoms with Crippen molar-refractivity contribution >= 4 is 57.9 Å². The van der Waals surface area contributed by atoms with Gasteiger partial charge in [-0.1, -0.05) is 59.9 Å². The summed E-state index contributed by atoms with van der Waals surface area (Å²) in [6.07, 6.45) is 3.35. The lowest BCUT2D eigenvalue weighted by atomic mass is 10.1. The molecule has 1 aliphatic heterocycles. The van der Waals surface area contributed by atoms with E-state index in [9.17, 15) is 9.59 Å². The standard InChI is InChI=1S/C22H18ClNO4S2/c1-3-11-24-20(25)19(30-22(24)29)13-14-9-10-17(18(12-14)27-4-2)28-21(26)15-7-5-6-8-16(15)23/h3,5-10,12-13H,1,4,11H2,2H3/b19-13-. The predicted molar refractivity (Wildman–Crippen MR) is 124 cm³/mol. The van der Waals surface area contributed by atoms with Crippen LogP contribution in [0.3, 0.4) is 0 Å². The minimum atomic E-state index is -0.584. The van der Waals surface area contributed by atoms with Crippen molar-refractivity contribution in [2.75, 3.05) is 13.2 Å². The quantitative estimate of drug-likeness (QED) is 0.183. The van der Waals surface area contributed by atoms with E-state index in [1.54, 1.807) is 54.6 Å². The number of thiocarbonyl (C=S) groups is 1. The smallest absolute Gasteiger partial charge is 0.345 e. The van der Waals surface area contributed by atoms with Crippen LogP contribution in [0.2, 0.25) is 5.02 Å². The predicted octanol–water partition coefficient (Wildman–Crippen LogP) is 5.35. The van der Waals surface area contributed by atoms with Crippen molar-refractivity contribution in [3.63, 3.8) is 0 Å². The Morgan fingerprint density at radius 1 is 1.27 bits per heavy atom. The first-order valence-electron chi connectivity index (χ1n) is 9.04. The number of esters is 1. The number of rotatable bonds is 7. The van der Waals surface area contributed by atoms with Gasteiger partial charge in [-0.05, 0) is 42.8 Å². The van der Waals surface area contributed by atoms with Gasteiger partial charge in [-0.15, -0.1) is 6.58 Å². The first kappa shape index (κ1) is 22.1. The number of amides is 1. The zero-order valence-electron chi connectivity index (χ0n) is 16.1. The van der Waals surface area contributed by atoms with E-state index in [0.717, 1.165) is 5.56 Å². The van der Waals surface area contributed by atoms with Crippen LogP contribution in [-0.4, -0.2) is 34.2 Å². The lowest BCUT2D eigenvalue weighted by Gasteiger charge is -2.12. The van der Waals surface area contributed by atoms with Gasteiger partial charge in [0.1, 0.15) is 4.32 Å². The van der Waals surface area contributed by atoms with E-state index in [2.05, 4.69) is 6.58 Å². The number of carbonyl (C=O) groups is 2. The molecule has 2 aromatic carbocycles. The van der Waals surface area contributed by atoms with E-state index in [-0.39, 0.29) is 17.2 Å². The SMILES string of the molecule is C=CCN1C(=O)/C(=C/c2ccc(OC(=O)c3ccccc3Cl)c(OCC)c2)SC1=S. The van der Waals surface area contributed by atoms with Crippen LogP contribution in [0.5, 0.6) is 11.5 Å². The average Bonchev–Trinajstić information content (AvgIpc) is 2.98. The van der Waals surface area contributed by atoms with Crippen molar-refractivity contribution in [1.29, 1.82) is 0 Å². The fourth-order valence-corrected chi connectivity index (χ4v) is 4.17. The molecule has 154 valence electrons. The molecule has 0 N–H and O–H groups in total. The summed E-state index contributed by atoms with van der Waals surface area (Å²) in [6.45, 7) is 6.21. The lowest BCUT2D eigenvalue weighted by Crippen LogP contribution is -2.27. The maximum absolute atomic E-state index is 12.5. The van der Waals surface area contributed by atoms with E-state index < -0.39 is 5.97 Å². The van der Waals surface area contributed by atoms with E-state index in [0.29, 0.717) is 33.1 Å². The molecule has 0 aromatic heterocycles. The molecule has 0 radical (unpaired) electrons. The summed E-state index contributed by atoms with van der Waals surface area (Å²) in [5, 5.41) is 0.304. The normalized spacial score (nSPS) is 14.9. The molecule has 1 amide bonds. The third kappa shape index (κ3) is 4.92. The molecule has 0 saturated carbocycles. The molecule has 0 bridgehead atoms. The van der Waals surface area contributed by atoms with Gasteiger partial charge in [0.25, 0.3) is 5.91 Å². The van der Waals surface area contributed by atoms with Crippen LogP contribution in [0.25, 0.3) is 6.08 Å². The molecule has 0 spiro atoms. The van der Waals surface area contributed by atoms with E-state index in [1.165, 1.54) is 16.7 Å². The molecule has 3 rings (SSSR count). The Balaban J connectivity index is 1.86. The van der Waals surface area contributed by atoms with Gasteiger partial charge in [0.15, 0.2) is 11.5 Å². The molecule has 1 aliphatic rings. The van der Waals surface area contributed by atoms with Crippen molar-refractivity contribution in [3.8, 4) is 11.5 Å². The van der Waals surface area contributed by atoms with Gasteiger partial charge in [-0.2, -0.15) is 0 Å². The number of carbonyl (C=O) groups excluding carboxylic acids is 2. The minimum Gasteiger partial charge on any atom is -0.490 e. The number of benzene rings is 2. The van der Waals surface area contributed by atoms with E-state index >= 15 is 0 Å². The monoisotopic (exact) mass is 459 g/mol. The summed E-state index contributed by atoms with van der Waals surface area (Å²) in [4.78, 5) is 27.0. The second-order valence-corrected chi connectivity index (χ2v) is 8.17. The Hall–Kier alpha value is -2.61. The van der Waals surface area contributed by atoms with E-state index in [4.69, 9.17) is 33.3 Å². The molecule has 0 aliphatic carbocycles. The molecular weight excluding hydrogens is 442 g/mol. The molecule has 1 saturated heterocycles. The molecule has 30 heavy (non-hydrogen) atoms. The van der Waals surface area contributed by atoms with Gasteiger partial charge in [0.2, 0.25) is 0 Å². The minimum absolute atomic E-state index is 0.169. The highest BCUT2D eigenvalue weighted by Crippen LogP contribution is 2.35. The fourth-order valence-electron chi connectivity index (χ4n) is 2.69. The van der Waals surface area contributed by atoms with Gasteiger partial charge < -0.3 is 9.47 Å². The zero-order chi connectivity index (χ0) is 21.7. The lowest BCUT2D eigenvalue weighted by molar-refractivity contribution is -0.121. The summed E-state index contributed by atoms with van der Waals surface area (Å²) in [7, 11) is 0. The van der Waals surface area contributed by atoms with Gasteiger partial charge >= 0.3 is 5.97 Å². The fraction of sp³-hybridized carbons (Fsp3) is 0.136. The number of ether oxygens (including phenoxy) is 2. The number of hydrogen-bond donors (Lipinski definition) is 0. The number of hydrogen-bond acceptors (Lipinski definition) is 6. The zero-order valence-corrected chi connectivity index (χ0v) is 18.5. The molecule has 1 heterocycles. The third-order valence-corrected chi connectivity index (χ3v) is 5.75. The first-order valence-corrected chi connectivity index (χ1v) is 10.6. The summed E-state index contributed by atoms with van der Waals surface area (Å²) in [6, 6.07) is 11.7. The summed E-state index contributed by atoms with van der Waals surface area (Å²) < 4.78 is 11.6. The van der Waals surface area contributed by atoms with Gasteiger partial charge in [-0.25, -0.2) is 4.79 Å². The van der Waals surface area contributed by atoms with Gasteiger partial charge in [0, 0.05) is 6.54 Å². The number of halogens is 1. The highest BCUT2D eigenvalue weighted by atomic mass is 35.5. The number of thioether (sulfide) groups is 1. The van der Waals surface area contributed by atoms with Crippen molar-refractivity contribution in [1.82, 2.24) is 4.90 Å². The molecule has 8 heteroatoms. The van der Waals surface area contributed by atoms with Crippen LogP contribution in [0.1, 0.15) is 22.8 Å². The molecule has 0 unspecified atom stereocenters. The van der Waals surface area contributed by atoms with Gasteiger partial charge in [-0.3, -0.25) is 9.69 Å². The first-order chi connectivity index (χ1) is 14.4. The molecule has 2 aromatic rings. The van der Waals surface area contributed by atoms with Crippen LogP contribution in [0.4, 0.5) is 0 Å². The molecule has 0 atom stereocenters. The Kier molecular flexibility index (Phi) is 7.31. The highest BCUT2D eigenvalue weighted by Gasteiger charge is 2.31. The maximum atomic E-state index is 12.5. The summed E-state index contributed by atoms with van der Waals surface area (Å²) in [5.74, 6) is -0.108. The molecular formula is C22H18ClNO4S2. The van der Waals surface area contributed by atoms with Gasteiger partial charge in [0.05, 0.1) is 22.1 Å². The van der Waals surface area contributed by atoms with Crippen LogP contribution in [0, 0.1) is 0 Å². The maximum Gasteiger partial charge on any atom is 0.345 e. The third-order valence-electron chi connectivity index (χ3n) is 4.05. The molecule has 1 fully saturated rings. The Morgan fingerprint density at radius 2 is 2.03 bits per heavy atom. The van der Waals surface area contributed by atoms with Crippen LogP contribution in [-0.2, 0) is 4.79 Å². The van der Waals surface area contributed by atoms with Crippen molar-refractivity contribution in [2.24, 2.45) is 0 Å². The number of nitrogens with zero attached hydrogens (tertiary/aromatic N) is 1. The van der Waals surface area contributed by atoms with Crippen LogP contribution < -0.4 is 9.47 Å². The second kappa shape index (κ2) is 9.93. The van der Waals surface area contributed by atoms with Crippen molar-refractivity contribution < 1.29 is 19.1 Å². The van der Waals surface area contributed by atoms with Crippen molar-refractivity contribution in [2.45, 2.75) is 6.92 Å². The van der Waals surface area contributed by atoms with Crippen LogP contribution >= 0.6 is 35.6 Å². The summed E-state index contributed by atoms with van der Waals surface area (Å²) in [5.41, 5.74) is 0.978. The van der Waals surface area contributed by atoms with E-state index in [1.807, 2.05) is 6.92 Å². The largest absolute Gasteiger partial charge is 0.490 e. The molecule has 5 nitrogen and oxygen atoms in total. The summed E-state index contributed by atoms with van der Waals surface area (Å²) >= 11 is 12.6. The van der Waals surface area contributed by atoms with Crippen molar-refractivity contribution in [3.05, 3.63) is 76.2 Å². The average molecular weight is 460 g/mol.